The molecule has 138 valence electrons. The summed E-state index contributed by atoms with van der Waals surface area (Å²) in [6, 6.07) is 5.58. The van der Waals surface area contributed by atoms with Crippen LogP contribution in [0.4, 0.5) is 21.7 Å². The lowest BCUT2D eigenvalue weighted by Crippen LogP contribution is -2.52. The zero-order valence-corrected chi connectivity index (χ0v) is 15.2. The van der Waals surface area contributed by atoms with E-state index in [0.717, 1.165) is 50.9 Å². The van der Waals surface area contributed by atoms with Crippen LogP contribution in [0.25, 0.3) is 0 Å². The molecule has 1 aromatic carbocycles. The molecule has 1 aromatic heterocycles. The van der Waals surface area contributed by atoms with E-state index in [1.807, 2.05) is 24.5 Å². The highest BCUT2D eigenvalue weighted by Crippen LogP contribution is 2.25. The Morgan fingerprint density at radius 3 is 2.31 bits per heavy atom. The van der Waals surface area contributed by atoms with E-state index in [1.54, 1.807) is 20.1 Å². The molecule has 0 radical (unpaired) electrons. The van der Waals surface area contributed by atoms with Gasteiger partial charge >= 0.3 is 0 Å². The maximum absolute atomic E-state index is 14.3. The van der Waals surface area contributed by atoms with Gasteiger partial charge in [-0.1, -0.05) is 12.1 Å². The second-order valence-electron chi connectivity index (χ2n) is 6.89. The fourth-order valence-corrected chi connectivity index (χ4v) is 3.47. The van der Waals surface area contributed by atoms with Crippen molar-refractivity contribution in [3.8, 4) is 0 Å². The van der Waals surface area contributed by atoms with E-state index in [1.165, 1.54) is 0 Å². The van der Waals surface area contributed by atoms with Crippen LogP contribution in [0.2, 0.25) is 0 Å². The molecule has 0 spiro atoms. The second kappa shape index (κ2) is 7.07. The number of piperazine rings is 1. The van der Waals surface area contributed by atoms with E-state index in [4.69, 9.17) is 4.74 Å². The second-order valence-corrected chi connectivity index (χ2v) is 6.89. The zero-order valence-electron chi connectivity index (χ0n) is 15.2. The van der Waals surface area contributed by atoms with Gasteiger partial charge < -0.3 is 19.4 Å². The van der Waals surface area contributed by atoms with Crippen LogP contribution in [-0.4, -0.2) is 62.5 Å². The summed E-state index contributed by atoms with van der Waals surface area (Å²) >= 11 is 0. The topological polar surface area (TPSA) is 44.7 Å². The number of hydrogen-bond donors (Lipinski definition) is 0. The summed E-state index contributed by atoms with van der Waals surface area (Å²) in [7, 11) is 1.73. The van der Waals surface area contributed by atoms with Crippen LogP contribution in [0.15, 0.2) is 30.6 Å². The van der Waals surface area contributed by atoms with Gasteiger partial charge in [0.15, 0.2) is 0 Å². The molecule has 0 saturated carbocycles. The van der Waals surface area contributed by atoms with Crippen LogP contribution in [0, 0.1) is 12.7 Å². The lowest BCUT2D eigenvalue weighted by Gasteiger charge is -2.39. The molecule has 0 atom stereocenters. The van der Waals surface area contributed by atoms with Crippen LogP contribution in [0.1, 0.15) is 5.56 Å². The maximum atomic E-state index is 14.3. The molecule has 0 aliphatic carbocycles. The van der Waals surface area contributed by atoms with E-state index >= 15 is 0 Å². The highest BCUT2D eigenvalue weighted by atomic mass is 19.1. The number of nitrogens with zero attached hydrogens (tertiary/aromatic N) is 5. The third kappa shape index (κ3) is 3.19. The van der Waals surface area contributed by atoms with E-state index in [2.05, 4.69) is 24.7 Å². The number of halogens is 1. The minimum atomic E-state index is -0.113. The molecule has 2 saturated heterocycles. The number of rotatable bonds is 4. The monoisotopic (exact) mass is 357 g/mol. The Morgan fingerprint density at radius 2 is 1.65 bits per heavy atom. The van der Waals surface area contributed by atoms with Crippen LogP contribution in [0.3, 0.4) is 0 Å². The SMILES string of the molecule is COC1CN(c2ncc(N3CCN(c4cccc(C)c4F)CC3)cn2)C1. The molecule has 6 nitrogen and oxygen atoms in total. The average Bonchev–Trinajstić information content (AvgIpc) is 2.64. The highest BCUT2D eigenvalue weighted by Gasteiger charge is 2.28. The van der Waals surface area contributed by atoms with Crippen LogP contribution in [0.5, 0.6) is 0 Å². The quantitative estimate of drug-likeness (QED) is 0.835. The van der Waals surface area contributed by atoms with E-state index in [9.17, 15) is 4.39 Å². The number of anilines is 3. The van der Waals surface area contributed by atoms with Crippen molar-refractivity contribution in [3.05, 3.63) is 42.0 Å². The zero-order chi connectivity index (χ0) is 18.1. The summed E-state index contributed by atoms with van der Waals surface area (Å²) in [6.45, 7) is 6.71. The summed E-state index contributed by atoms with van der Waals surface area (Å²) in [4.78, 5) is 15.5. The summed E-state index contributed by atoms with van der Waals surface area (Å²) in [5.41, 5.74) is 2.40. The molecular weight excluding hydrogens is 333 g/mol. The molecule has 7 heteroatoms. The van der Waals surface area contributed by atoms with Crippen molar-refractivity contribution in [2.75, 3.05) is 61.1 Å². The van der Waals surface area contributed by atoms with Gasteiger partial charge in [-0.05, 0) is 18.6 Å². The predicted octanol–water partition coefficient (Wildman–Crippen LogP) is 2.09. The average molecular weight is 357 g/mol. The molecule has 2 aliphatic heterocycles. The van der Waals surface area contributed by atoms with E-state index in [-0.39, 0.29) is 11.9 Å². The minimum Gasteiger partial charge on any atom is -0.378 e. The van der Waals surface area contributed by atoms with Gasteiger partial charge in [0.25, 0.3) is 0 Å². The standard InChI is InChI=1S/C19H24FN5O/c1-14-4-3-5-17(18(14)20)24-8-6-23(7-9-24)15-10-21-19(22-11-15)25-12-16(13-25)26-2/h3-5,10-11,16H,6-9,12-13H2,1-2H3. The number of aryl methyl sites for hydroxylation is 1. The number of methoxy groups -OCH3 is 1. The molecule has 2 fully saturated rings. The third-order valence-electron chi connectivity index (χ3n) is 5.25. The minimum absolute atomic E-state index is 0.113. The number of aromatic nitrogens is 2. The van der Waals surface area contributed by atoms with Gasteiger partial charge in [-0.25, -0.2) is 14.4 Å². The van der Waals surface area contributed by atoms with E-state index in [0.29, 0.717) is 11.3 Å². The molecule has 3 heterocycles. The summed E-state index contributed by atoms with van der Waals surface area (Å²) < 4.78 is 19.6. The third-order valence-corrected chi connectivity index (χ3v) is 5.25. The molecule has 0 unspecified atom stereocenters. The lowest BCUT2D eigenvalue weighted by atomic mass is 10.1. The van der Waals surface area contributed by atoms with Crippen molar-refractivity contribution in [2.45, 2.75) is 13.0 Å². The summed E-state index contributed by atoms with van der Waals surface area (Å²) in [5.74, 6) is 0.639. The normalized spacial score (nSPS) is 18.2. The largest absolute Gasteiger partial charge is 0.378 e. The number of hydrogen-bond acceptors (Lipinski definition) is 6. The Kier molecular flexibility index (Phi) is 4.63. The molecule has 0 N–H and O–H groups in total. The maximum Gasteiger partial charge on any atom is 0.225 e. The number of ether oxygens (including phenoxy) is 1. The first-order chi connectivity index (χ1) is 12.7. The van der Waals surface area contributed by atoms with Crippen molar-refractivity contribution in [3.63, 3.8) is 0 Å². The van der Waals surface area contributed by atoms with Crippen molar-refractivity contribution in [1.29, 1.82) is 0 Å². The lowest BCUT2D eigenvalue weighted by molar-refractivity contribution is 0.0778. The Balaban J connectivity index is 1.37. The number of benzene rings is 1. The molecule has 4 rings (SSSR count). The molecule has 26 heavy (non-hydrogen) atoms. The fraction of sp³-hybridized carbons (Fsp3) is 0.474. The Hall–Kier alpha value is -2.41. The van der Waals surface area contributed by atoms with Gasteiger partial charge in [-0.3, -0.25) is 0 Å². The van der Waals surface area contributed by atoms with Gasteiger partial charge in [0.2, 0.25) is 5.95 Å². The fourth-order valence-electron chi connectivity index (χ4n) is 3.47. The van der Waals surface area contributed by atoms with Crippen LogP contribution >= 0.6 is 0 Å². The van der Waals surface area contributed by atoms with Crippen molar-refractivity contribution >= 4 is 17.3 Å². The van der Waals surface area contributed by atoms with Crippen molar-refractivity contribution in [2.24, 2.45) is 0 Å². The molecule has 0 amide bonds. The predicted molar refractivity (Wildman–Crippen MR) is 101 cm³/mol. The van der Waals surface area contributed by atoms with Gasteiger partial charge in [-0.2, -0.15) is 0 Å². The first kappa shape index (κ1) is 17.0. The van der Waals surface area contributed by atoms with Gasteiger partial charge in [0.05, 0.1) is 29.9 Å². The van der Waals surface area contributed by atoms with E-state index < -0.39 is 0 Å². The summed E-state index contributed by atoms with van der Waals surface area (Å²) in [5, 5.41) is 0. The van der Waals surface area contributed by atoms with Gasteiger partial charge in [-0.15, -0.1) is 0 Å². The Labute approximate surface area is 153 Å². The molecule has 2 aromatic rings. The van der Waals surface area contributed by atoms with Crippen molar-refractivity contribution < 1.29 is 9.13 Å². The van der Waals surface area contributed by atoms with Gasteiger partial charge in [0.1, 0.15) is 5.82 Å². The summed E-state index contributed by atoms with van der Waals surface area (Å²) in [6.07, 6.45) is 4.05. The Morgan fingerprint density at radius 1 is 1.00 bits per heavy atom. The molecular formula is C19H24FN5O. The first-order valence-corrected chi connectivity index (χ1v) is 9.00. The first-order valence-electron chi connectivity index (χ1n) is 9.00. The smallest absolute Gasteiger partial charge is 0.225 e. The van der Waals surface area contributed by atoms with Crippen LogP contribution in [-0.2, 0) is 4.74 Å². The van der Waals surface area contributed by atoms with Crippen LogP contribution < -0.4 is 14.7 Å². The molecule has 2 aliphatic rings. The van der Waals surface area contributed by atoms with Crippen molar-refractivity contribution in [1.82, 2.24) is 9.97 Å². The Bertz CT molecular complexity index is 755. The highest BCUT2D eigenvalue weighted by molar-refractivity contribution is 5.53. The van der Waals surface area contributed by atoms with Gasteiger partial charge in [0, 0.05) is 46.4 Å². The molecule has 0 bridgehead atoms.